The van der Waals surface area contributed by atoms with Gasteiger partial charge in [0.05, 0.1) is 17.1 Å². The lowest BCUT2D eigenvalue weighted by atomic mass is 10.1. The summed E-state index contributed by atoms with van der Waals surface area (Å²) in [6, 6.07) is 12.9. The van der Waals surface area contributed by atoms with Crippen LogP contribution in [0.5, 0.6) is 0 Å². The molecule has 0 spiro atoms. The Labute approximate surface area is 189 Å². The number of nitrogens with zero attached hydrogens (tertiary/aromatic N) is 6. The fourth-order valence-electron chi connectivity index (χ4n) is 3.72. The van der Waals surface area contributed by atoms with Crippen LogP contribution >= 0.6 is 0 Å². The molecule has 5 rings (SSSR count). The Morgan fingerprint density at radius 3 is 2.64 bits per heavy atom. The van der Waals surface area contributed by atoms with Crippen molar-refractivity contribution < 1.29 is 8.78 Å². The summed E-state index contributed by atoms with van der Waals surface area (Å²) < 4.78 is 28.7. The van der Waals surface area contributed by atoms with Crippen LogP contribution in [0.25, 0.3) is 28.3 Å². The minimum Gasteiger partial charge on any atom is -0.344 e. The van der Waals surface area contributed by atoms with Crippen molar-refractivity contribution in [1.82, 2.24) is 34.4 Å². The van der Waals surface area contributed by atoms with E-state index in [0.717, 1.165) is 34.4 Å². The average molecular weight is 441 g/mol. The van der Waals surface area contributed by atoms with Gasteiger partial charge in [-0.3, -0.25) is 4.98 Å². The van der Waals surface area contributed by atoms with Gasteiger partial charge in [0.2, 0.25) is 0 Å². The number of hydrogen-bond acceptors (Lipinski definition) is 5. The second kappa shape index (κ2) is 8.55. The van der Waals surface area contributed by atoms with Gasteiger partial charge < -0.3 is 9.79 Å². The van der Waals surface area contributed by atoms with Gasteiger partial charge in [0.25, 0.3) is 0 Å². The van der Waals surface area contributed by atoms with Crippen molar-refractivity contribution in [3.8, 4) is 22.6 Å². The molecule has 10 heteroatoms. The van der Waals surface area contributed by atoms with Crippen molar-refractivity contribution in [3.05, 3.63) is 89.8 Å². The topological polar surface area (TPSA) is 75.0 Å². The zero-order chi connectivity index (χ0) is 22.9. The van der Waals surface area contributed by atoms with Gasteiger partial charge in [0, 0.05) is 36.6 Å². The first-order valence-corrected chi connectivity index (χ1v) is 10.2. The largest absolute Gasteiger partial charge is 0.344 e. The normalized spacial score (nSPS) is 11.5. The number of aromatic amines is 1. The van der Waals surface area contributed by atoms with Crippen LogP contribution in [-0.4, -0.2) is 42.3 Å². The maximum Gasteiger partial charge on any atom is 0.183 e. The summed E-state index contributed by atoms with van der Waals surface area (Å²) in [6.07, 6.45) is 3.33. The number of hydrogen-bond donors (Lipinski definition) is 1. The third-order valence-electron chi connectivity index (χ3n) is 5.11. The highest BCUT2D eigenvalue weighted by Gasteiger charge is 2.17. The molecule has 0 saturated heterocycles. The molecule has 0 unspecified atom stereocenters. The number of fused-ring (bicyclic) bond motifs is 1. The van der Waals surface area contributed by atoms with Gasteiger partial charge in [-0.25, -0.2) is 23.3 Å². The molecule has 33 heavy (non-hydrogen) atoms. The van der Waals surface area contributed by atoms with Crippen molar-refractivity contribution >= 4 is 13.6 Å². The highest BCUT2D eigenvalue weighted by atomic mass is 19.1. The van der Waals surface area contributed by atoms with E-state index in [1.165, 1.54) is 23.3 Å². The van der Waals surface area contributed by atoms with Gasteiger partial charge in [-0.1, -0.05) is 6.07 Å². The van der Waals surface area contributed by atoms with Crippen LogP contribution in [0.1, 0.15) is 17.1 Å². The van der Waals surface area contributed by atoms with Crippen LogP contribution in [0.2, 0.25) is 0 Å². The fraction of sp³-hybridized carbons (Fsp3) is 0.130. The van der Waals surface area contributed by atoms with Crippen LogP contribution in [0.4, 0.5) is 8.78 Å². The van der Waals surface area contributed by atoms with E-state index in [2.05, 4.69) is 20.1 Å². The maximum absolute atomic E-state index is 13.5. The van der Waals surface area contributed by atoms with Crippen molar-refractivity contribution in [2.75, 3.05) is 0 Å². The van der Waals surface area contributed by atoms with Gasteiger partial charge in [0.15, 0.2) is 13.6 Å². The van der Waals surface area contributed by atoms with Gasteiger partial charge in [-0.2, -0.15) is 5.10 Å². The Morgan fingerprint density at radius 2 is 1.85 bits per heavy atom. The second-order valence-corrected chi connectivity index (χ2v) is 7.73. The van der Waals surface area contributed by atoms with E-state index in [1.54, 1.807) is 4.52 Å². The first kappa shape index (κ1) is 21.0. The fourth-order valence-corrected chi connectivity index (χ4v) is 3.72. The van der Waals surface area contributed by atoms with E-state index in [9.17, 15) is 8.78 Å². The molecule has 0 atom stereocenters. The number of H-pyrrole nitrogens is 1. The van der Waals surface area contributed by atoms with Crippen LogP contribution < -0.4 is 0 Å². The molecular formula is C23H18BF2N7. The van der Waals surface area contributed by atoms with E-state index >= 15 is 0 Å². The Balaban J connectivity index is 1.49. The summed E-state index contributed by atoms with van der Waals surface area (Å²) in [7, 11) is 6.15. The van der Waals surface area contributed by atoms with E-state index in [-0.39, 0.29) is 13.1 Å². The van der Waals surface area contributed by atoms with E-state index in [1.807, 2.05) is 43.5 Å². The van der Waals surface area contributed by atoms with Gasteiger partial charge in [0.1, 0.15) is 23.8 Å². The van der Waals surface area contributed by atoms with Crippen molar-refractivity contribution in [2.24, 2.45) is 0 Å². The molecule has 1 N–H and O–H groups in total. The molecule has 0 amide bonds. The first-order valence-electron chi connectivity index (χ1n) is 10.2. The van der Waals surface area contributed by atoms with Crippen LogP contribution in [0.15, 0.2) is 61.1 Å². The third kappa shape index (κ3) is 4.51. The summed E-state index contributed by atoms with van der Waals surface area (Å²) in [4.78, 5) is 18.3. The lowest BCUT2D eigenvalue weighted by Crippen LogP contribution is -2.20. The Hall–Kier alpha value is -3.92. The molecule has 0 aliphatic heterocycles. The monoisotopic (exact) mass is 441 g/mol. The van der Waals surface area contributed by atoms with E-state index in [0.29, 0.717) is 17.1 Å². The smallest absolute Gasteiger partial charge is 0.183 e. The number of aryl methyl sites for hydroxylation is 1. The number of aromatic nitrogens is 6. The molecule has 0 fully saturated rings. The summed E-state index contributed by atoms with van der Waals surface area (Å²) >= 11 is 0. The summed E-state index contributed by atoms with van der Waals surface area (Å²) in [5.74, 6) is -0.702. The highest BCUT2D eigenvalue weighted by Crippen LogP contribution is 2.29. The van der Waals surface area contributed by atoms with Crippen molar-refractivity contribution in [1.29, 1.82) is 0 Å². The number of halogens is 2. The molecule has 0 aliphatic rings. The quantitative estimate of drug-likeness (QED) is 0.405. The van der Waals surface area contributed by atoms with Crippen LogP contribution in [-0.2, 0) is 13.1 Å². The summed E-state index contributed by atoms with van der Waals surface area (Å²) in [6.45, 7) is 2.29. The Morgan fingerprint density at radius 1 is 1.03 bits per heavy atom. The Kier molecular flexibility index (Phi) is 5.43. The molecule has 0 bridgehead atoms. The SMILES string of the molecule is [B]N(Cc1cc(F)cc(F)c1)Cc1nc(-c2ccc3ncnn3c2)c(-c2cccc(C)n2)[nH]1. The number of imidazole rings is 1. The molecular weight excluding hydrogens is 423 g/mol. The number of nitrogens with one attached hydrogen (secondary N) is 1. The predicted octanol–water partition coefficient (Wildman–Crippen LogP) is 3.85. The van der Waals surface area contributed by atoms with Gasteiger partial charge >= 0.3 is 0 Å². The standard InChI is InChI=1S/C23H18BF2N7/c1-14-3-2-4-19(29-14)23-22(16-5-6-21-27-13-28-33(21)11-16)30-20(31-23)12-32(24)10-15-7-17(25)9-18(26)8-15/h2-9,11,13H,10,12H2,1H3,(H,30,31). The first-order chi connectivity index (χ1) is 15.9. The van der Waals surface area contributed by atoms with Crippen LogP contribution in [0.3, 0.4) is 0 Å². The molecule has 1 aromatic carbocycles. The molecule has 0 aliphatic carbocycles. The molecule has 2 radical (unpaired) electrons. The predicted molar refractivity (Wildman–Crippen MR) is 120 cm³/mol. The molecule has 0 saturated carbocycles. The lowest BCUT2D eigenvalue weighted by Gasteiger charge is -2.16. The molecule has 4 heterocycles. The maximum atomic E-state index is 13.5. The Bertz CT molecular complexity index is 1430. The van der Waals surface area contributed by atoms with Gasteiger partial charge in [-0.05, 0) is 48.9 Å². The number of pyridine rings is 2. The van der Waals surface area contributed by atoms with Crippen LogP contribution in [0, 0.1) is 18.6 Å². The second-order valence-electron chi connectivity index (χ2n) is 7.73. The molecule has 5 aromatic rings. The summed E-state index contributed by atoms with van der Waals surface area (Å²) in [5.41, 5.74) is 5.00. The molecule has 162 valence electrons. The zero-order valence-electron chi connectivity index (χ0n) is 17.7. The minimum atomic E-state index is -0.644. The lowest BCUT2D eigenvalue weighted by molar-refractivity contribution is 0.429. The number of rotatable bonds is 6. The third-order valence-corrected chi connectivity index (χ3v) is 5.11. The molecule has 4 aromatic heterocycles. The zero-order valence-corrected chi connectivity index (χ0v) is 17.7. The van der Waals surface area contributed by atoms with Gasteiger partial charge in [-0.15, -0.1) is 0 Å². The van der Waals surface area contributed by atoms with Crippen molar-refractivity contribution in [3.63, 3.8) is 0 Å². The molecule has 7 nitrogen and oxygen atoms in total. The van der Waals surface area contributed by atoms with E-state index in [4.69, 9.17) is 13.0 Å². The minimum absolute atomic E-state index is 0.146. The van der Waals surface area contributed by atoms with Crippen molar-refractivity contribution in [2.45, 2.75) is 20.0 Å². The number of benzene rings is 1. The van der Waals surface area contributed by atoms with E-state index < -0.39 is 11.6 Å². The average Bonchev–Trinajstić information content (AvgIpc) is 3.39. The highest BCUT2D eigenvalue weighted by molar-refractivity contribution is 6.04. The summed E-state index contributed by atoms with van der Waals surface area (Å²) in [5, 5.41) is 4.20.